The Morgan fingerprint density at radius 2 is 1.60 bits per heavy atom. The molecule has 0 aromatic rings. The molecule has 0 aromatic heterocycles. The van der Waals surface area contributed by atoms with Crippen LogP contribution in [0.5, 0.6) is 0 Å². The summed E-state index contributed by atoms with van der Waals surface area (Å²) >= 11 is 4.84. The van der Waals surface area contributed by atoms with Crippen molar-refractivity contribution in [3.8, 4) is 0 Å². The van der Waals surface area contributed by atoms with Crippen molar-refractivity contribution in [2.24, 2.45) is 0 Å². The molecule has 0 atom stereocenters. The van der Waals surface area contributed by atoms with Gasteiger partial charge in [0.05, 0.1) is 5.92 Å². The number of rotatable bonds is 1. The van der Waals surface area contributed by atoms with Crippen molar-refractivity contribution in [1.82, 2.24) is 0 Å². The highest BCUT2D eigenvalue weighted by atomic mass is 35.5. The van der Waals surface area contributed by atoms with E-state index in [4.69, 9.17) is 11.6 Å². The van der Waals surface area contributed by atoms with Crippen LogP contribution >= 0.6 is 11.6 Å². The highest BCUT2D eigenvalue weighted by molar-refractivity contribution is 6.23. The van der Waals surface area contributed by atoms with Gasteiger partial charge in [-0.3, -0.25) is 0 Å². The first-order valence-electron chi connectivity index (χ1n) is 3.52. The Hall–Kier alpha value is 0.150. The van der Waals surface area contributed by atoms with E-state index in [0.717, 1.165) is 19.3 Å². The van der Waals surface area contributed by atoms with E-state index in [0.29, 0.717) is 12.8 Å². The molecule has 1 fully saturated rings. The zero-order chi connectivity index (χ0) is 7.61. The molecule has 0 saturated heterocycles. The van der Waals surface area contributed by atoms with Crippen molar-refractivity contribution in [1.29, 1.82) is 0 Å². The molecule has 0 unspecified atom stereocenters. The van der Waals surface area contributed by atoms with Gasteiger partial charge >= 0.3 is 5.38 Å². The van der Waals surface area contributed by atoms with Crippen molar-refractivity contribution >= 4 is 11.6 Å². The Morgan fingerprint density at radius 3 is 1.90 bits per heavy atom. The topological polar surface area (TPSA) is 0 Å². The maximum atomic E-state index is 12.3. The van der Waals surface area contributed by atoms with Crippen LogP contribution in [-0.4, -0.2) is 5.38 Å². The molecule has 0 nitrogen and oxygen atoms in total. The first-order chi connectivity index (χ1) is 4.61. The molecule has 0 spiro atoms. The van der Waals surface area contributed by atoms with Crippen LogP contribution in [-0.2, 0) is 0 Å². The van der Waals surface area contributed by atoms with Gasteiger partial charge in [-0.15, -0.1) is 0 Å². The first-order valence-corrected chi connectivity index (χ1v) is 3.90. The van der Waals surface area contributed by atoms with Gasteiger partial charge in [0, 0.05) is 0 Å². The summed E-state index contributed by atoms with van der Waals surface area (Å²) < 4.78 is 24.7. The molecular weight excluding hydrogens is 158 g/mol. The standard InChI is InChI=1S/C7H10ClF2/c8-7(9,10)6-4-2-1-3-5-6/h1-5H2. The van der Waals surface area contributed by atoms with Gasteiger partial charge in [-0.1, -0.05) is 19.3 Å². The van der Waals surface area contributed by atoms with Crippen LogP contribution in [0.25, 0.3) is 0 Å². The van der Waals surface area contributed by atoms with E-state index >= 15 is 0 Å². The lowest BCUT2D eigenvalue weighted by molar-refractivity contribution is 0.0943. The lowest BCUT2D eigenvalue weighted by Crippen LogP contribution is -2.21. The Balaban J connectivity index is 2.39. The molecule has 0 aliphatic heterocycles. The van der Waals surface area contributed by atoms with Crippen LogP contribution < -0.4 is 0 Å². The van der Waals surface area contributed by atoms with E-state index < -0.39 is 5.38 Å². The molecule has 59 valence electrons. The molecule has 0 bridgehead atoms. The van der Waals surface area contributed by atoms with E-state index in [1.807, 2.05) is 0 Å². The summed E-state index contributed by atoms with van der Waals surface area (Å²) in [6.07, 6.45) is 3.83. The smallest absolute Gasteiger partial charge is 0.188 e. The minimum Gasteiger partial charge on any atom is -0.188 e. The molecule has 1 aliphatic carbocycles. The minimum absolute atomic E-state index is 0.223. The lowest BCUT2D eigenvalue weighted by atomic mass is 9.89. The quantitative estimate of drug-likeness (QED) is 0.526. The molecule has 0 N–H and O–H groups in total. The molecule has 1 aliphatic rings. The van der Waals surface area contributed by atoms with Gasteiger partial charge in [-0.2, -0.15) is 8.78 Å². The zero-order valence-electron chi connectivity index (χ0n) is 5.67. The van der Waals surface area contributed by atoms with Crippen LogP contribution in [0, 0.1) is 5.92 Å². The van der Waals surface area contributed by atoms with E-state index in [1.54, 1.807) is 0 Å². The van der Waals surface area contributed by atoms with Crippen LogP contribution in [0.3, 0.4) is 0 Å². The number of halogens is 3. The average molecular weight is 168 g/mol. The van der Waals surface area contributed by atoms with E-state index in [9.17, 15) is 8.78 Å². The highest BCUT2D eigenvalue weighted by Gasteiger charge is 2.37. The molecular formula is C7H10ClF2. The Bertz CT molecular complexity index is 103. The lowest BCUT2D eigenvalue weighted by Gasteiger charge is -2.24. The van der Waals surface area contributed by atoms with E-state index in [2.05, 4.69) is 0 Å². The molecule has 1 rings (SSSR count). The van der Waals surface area contributed by atoms with Gasteiger partial charge in [-0.05, 0) is 24.4 Å². The Kier molecular flexibility index (Phi) is 2.50. The fourth-order valence-corrected chi connectivity index (χ4v) is 1.45. The third-order valence-corrected chi connectivity index (χ3v) is 2.13. The molecule has 10 heavy (non-hydrogen) atoms. The predicted molar refractivity (Wildman–Crippen MR) is 37.1 cm³/mol. The summed E-state index contributed by atoms with van der Waals surface area (Å²) in [5.41, 5.74) is 0. The molecule has 0 amide bonds. The summed E-state index contributed by atoms with van der Waals surface area (Å²) in [5, 5.41) is -3.04. The molecule has 0 heterocycles. The maximum Gasteiger partial charge on any atom is 0.327 e. The van der Waals surface area contributed by atoms with Gasteiger partial charge in [0.1, 0.15) is 0 Å². The summed E-state index contributed by atoms with van der Waals surface area (Å²) in [6.45, 7) is 0. The van der Waals surface area contributed by atoms with Crippen molar-refractivity contribution in [2.45, 2.75) is 37.5 Å². The molecule has 1 radical (unpaired) electrons. The number of alkyl halides is 3. The van der Waals surface area contributed by atoms with Gasteiger partial charge in [-0.25, -0.2) is 0 Å². The summed E-state index contributed by atoms with van der Waals surface area (Å²) in [7, 11) is 0. The second kappa shape index (κ2) is 3.04. The van der Waals surface area contributed by atoms with Crippen molar-refractivity contribution < 1.29 is 8.78 Å². The average Bonchev–Trinajstić information content (AvgIpc) is 1.88. The molecule has 0 aromatic carbocycles. The third-order valence-electron chi connectivity index (χ3n) is 1.86. The fourth-order valence-electron chi connectivity index (χ4n) is 1.26. The summed E-state index contributed by atoms with van der Waals surface area (Å²) in [6, 6.07) is 0. The van der Waals surface area contributed by atoms with Crippen molar-refractivity contribution in [2.75, 3.05) is 0 Å². The van der Waals surface area contributed by atoms with Gasteiger partial charge in [0.15, 0.2) is 0 Å². The van der Waals surface area contributed by atoms with Crippen molar-refractivity contribution in [3.05, 3.63) is 5.92 Å². The third kappa shape index (κ3) is 2.08. The molecule has 1 saturated carbocycles. The second-order valence-electron chi connectivity index (χ2n) is 2.66. The van der Waals surface area contributed by atoms with E-state index in [1.165, 1.54) is 0 Å². The first kappa shape index (κ1) is 8.25. The monoisotopic (exact) mass is 167 g/mol. The van der Waals surface area contributed by atoms with Crippen LogP contribution in [0.4, 0.5) is 8.78 Å². The second-order valence-corrected chi connectivity index (χ2v) is 3.14. The number of hydrogen-bond acceptors (Lipinski definition) is 0. The highest BCUT2D eigenvalue weighted by Crippen LogP contribution is 2.40. The minimum atomic E-state index is -3.04. The summed E-state index contributed by atoms with van der Waals surface area (Å²) in [5.74, 6) is 0.223. The fraction of sp³-hybridized carbons (Fsp3) is 0.857. The SMILES string of the molecule is FC(F)(Cl)[C]1CCCCC1. The van der Waals surface area contributed by atoms with Gasteiger partial charge < -0.3 is 0 Å². The van der Waals surface area contributed by atoms with Gasteiger partial charge in [0.2, 0.25) is 0 Å². The Morgan fingerprint density at radius 1 is 1.10 bits per heavy atom. The Labute approximate surface area is 64.6 Å². The molecule has 3 heteroatoms. The predicted octanol–water partition coefficient (Wildman–Crippen LogP) is 3.36. The summed E-state index contributed by atoms with van der Waals surface area (Å²) in [4.78, 5) is 0. The van der Waals surface area contributed by atoms with Crippen LogP contribution in [0.2, 0.25) is 0 Å². The maximum absolute atomic E-state index is 12.3. The number of hydrogen-bond donors (Lipinski definition) is 0. The largest absolute Gasteiger partial charge is 0.327 e. The normalized spacial score (nSPS) is 23.1. The zero-order valence-corrected chi connectivity index (χ0v) is 6.43. The van der Waals surface area contributed by atoms with Crippen molar-refractivity contribution in [3.63, 3.8) is 0 Å². The van der Waals surface area contributed by atoms with E-state index in [-0.39, 0.29) is 5.92 Å². The van der Waals surface area contributed by atoms with Crippen LogP contribution in [0.15, 0.2) is 0 Å². The van der Waals surface area contributed by atoms with Crippen LogP contribution in [0.1, 0.15) is 32.1 Å². The van der Waals surface area contributed by atoms with Gasteiger partial charge in [0.25, 0.3) is 0 Å².